The van der Waals surface area contributed by atoms with Gasteiger partial charge in [0.15, 0.2) is 0 Å². The standard InChI is InChI=1S/C23H26N4O5/c1-14-24-10-20(15-3-6-22(26-8-15)32-18(11-28)12-29)23(27-14)31-13-16-7-19(16)21-5-4-17(30-2)9-25-21/h3-6,8-10,16,18-19,28-29H,7,11-13H2,1-2H3. The third kappa shape index (κ3) is 5.12. The molecule has 0 aromatic carbocycles. The lowest BCUT2D eigenvalue weighted by Crippen LogP contribution is -2.25. The first kappa shape index (κ1) is 21.9. The van der Waals surface area contributed by atoms with E-state index in [2.05, 4.69) is 19.9 Å². The number of aliphatic hydroxyl groups is 2. The van der Waals surface area contributed by atoms with Crippen LogP contribution in [0.15, 0.2) is 42.9 Å². The first-order chi connectivity index (χ1) is 15.6. The first-order valence-electron chi connectivity index (χ1n) is 10.4. The van der Waals surface area contributed by atoms with Gasteiger partial charge in [0.25, 0.3) is 0 Å². The van der Waals surface area contributed by atoms with Crippen molar-refractivity contribution in [2.45, 2.75) is 25.4 Å². The minimum absolute atomic E-state index is 0.294. The highest BCUT2D eigenvalue weighted by molar-refractivity contribution is 5.67. The van der Waals surface area contributed by atoms with Gasteiger partial charge in [-0.1, -0.05) is 0 Å². The summed E-state index contributed by atoms with van der Waals surface area (Å²) in [6.45, 7) is 1.76. The molecule has 0 aliphatic heterocycles. The fourth-order valence-corrected chi connectivity index (χ4v) is 3.38. The summed E-state index contributed by atoms with van der Waals surface area (Å²) in [4.78, 5) is 17.5. The summed E-state index contributed by atoms with van der Waals surface area (Å²) in [5.74, 6) is 2.93. The summed E-state index contributed by atoms with van der Waals surface area (Å²) in [6.07, 6.45) is 5.39. The minimum Gasteiger partial charge on any atom is -0.495 e. The Morgan fingerprint density at radius 3 is 2.53 bits per heavy atom. The molecular weight excluding hydrogens is 412 g/mol. The van der Waals surface area contributed by atoms with Gasteiger partial charge in [-0.05, 0) is 31.5 Å². The van der Waals surface area contributed by atoms with Crippen LogP contribution in [0.5, 0.6) is 17.5 Å². The molecule has 9 nitrogen and oxygen atoms in total. The van der Waals surface area contributed by atoms with Crippen molar-refractivity contribution in [3.63, 3.8) is 0 Å². The molecule has 2 atom stereocenters. The second kappa shape index (κ2) is 9.88. The molecule has 2 unspecified atom stereocenters. The Morgan fingerprint density at radius 2 is 1.88 bits per heavy atom. The summed E-state index contributed by atoms with van der Waals surface area (Å²) in [5, 5.41) is 18.3. The highest BCUT2D eigenvalue weighted by Gasteiger charge is 2.40. The molecule has 0 saturated heterocycles. The summed E-state index contributed by atoms with van der Waals surface area (Å²) >= 11 is 0. The van der Waals surface area contributed by atoms with E-state index in [4.69, 9.17) is 24.4 Å². The van der Waals surface area contributed by atoms with Gasteiger partial charge in [-0.25, -0.2) is 9.97 Å². The molecule has 3 heterocycles. The minimum atomic E-state index is -0.707. The van der Waals surface area contributed by atoms with Crippen LogP contribution >= 0.6 is 0 Å². The molecule has 0 bridgehead atoms. The smallest absolute Gasteiger partial charge is 0.224 e. The summed E-state index contributed by atoms with van der Waals surface area (Å²) in [7, 11) is 1.63. The van der Waals surface area contributed by atoms with Crippen molar-refractivity contribution < 1.29 is 24.4 Å². The first-order valence-corrected chi connectivity index (χ1v) is 10.4. The van der Waals surface area contributed by atoms with Crippen LogP contribution in [0.3, 0.4) is 0 Å². The van der Waals surface area contributed by atoms with E-state index >= 15 is 0 Å². The second-order valence-electron chi connectivity index (χ2n) is 7.66. The Bertz CT molecular complexity index is 1030. The van der Waals surface area contributed by atoms with E-state index in [9.17, 15) is 0 Å². The maximum Gasteiger partial charge on any atom is 0.224 e. The number of aryl methyl sites for hydroxylation is 1. The monoisotopic (exact) mass is 438 g/mol. The fourth-order valence-electron chi connectivity index (χ4n) is 3.38. The van der Waals surface area contributed by atoms with E-state index in [1.54, 1.807) is 31.8 Å². The lowest BCUT2D eigenvalue weighted by molar-refractivity contribution is 0.0597. The Morgan fingerprint density at radius 1 is 1.03 bits per heavy atom. The van der Waals surface area contributed by atoms with Crippen LogP contribution in [0, 0.1) is 12.8 Å². The summed E-state index contributed by atoms with van der Waals surface area (Å²) < 4.78 is 16.7. The van der Waals surface area contributed by atoms with Gasteiger partial charge in [-0.3, -0.25) is 4.98 Å². The molecule has 1 aliphatic rings. The van der Waals surface area contributed by atoms with Crippen LogP contribution < -0.4 is 14.2 Å². The van der Waals surface area contributed by atoms with Gasteiger partial charge in [0.2, 0.25) is 11.8 Å². The zero-order valence-corrected chi connectivity index (χ0v) is 18.0. The zero-order chi connectivity index (χ0) is 22.5. The number of aromatic nitrogens is 4. The molecular formula is C23H26N4O5. The van der Waals surface area contributed by atoms with E-state index in [0.29, 0.717) is 36.0 Å². The normalized spacial score (nSPS) is 17.3. The van der Waals surface area contributed by atoms with Gasteiger partial charge >= 0.3 is 0 Å². The van der Waals surface area contributed by atoms with Gasteiger partial charge in [0.05, 0.1) is 38.7 Å². The second-order valence-corrected chi connectivity index (χ2v) is 7.66. The Balaban J connectivity index is 1.42. The Labute approximate surface area is 186 Å². The molecule has 2 N–H and O–H groups in total. The maximum absolute atomic E-state index is 9.15. The quantitative estimate of drug-likeness (QED) is 0.491. The van der Waals surface area contributed by atoms with E-state index < -0.39 is 6.10 Å². The van der Waals surface area contributed by atoms with Crippen molar-refractivity contribution in [3.8, 4) is 28.6 Å². The zero-order valence-electron chi connectivity index (χ0n) is 18.0. The SMILES string of the molecule is COc1ccc(C2CC2COc2nc(C)ncc2-c2ccc(OC(CO)CO)nc2)nc1. The summed E-state index contributed by atoms with van der Waals surface area (Å²) in [5.41, 5.74) is 2.55. The molecule has 168 valence electrons. The number of pyridine rings is 2. The summed E-state index contributed by atoms with van der Waals surface area (Å²) in [6, 6.07) is 7.41. The molecule has 0 amide bonds. The molecule has 3 aromatic rings. The number of aliphatic hydroxyl groups excluding tert-OH is 2. The van der Waals surface area contributed by atoms with Crippen LogP contribution in [0.25, 0.3) is 11.1 Å². The van der Waals surface area contributed by atoms with Crippen molar-refractivity contribution in [1.29, 1.82) is 0 Å². The molecule has 1 saturated carbocycles. The van der Waals surface area contributed by atoms with Gasteiger partial charge < -0.3 is 24.4 Å². The van der Waals surface area contributed by atoms with Crippen LogP contribution in [-0.4, -0.2) is 63.2 Å². The molecule has 1 aliphatic carbocycles. The van der Waals surface area contributed by atoms with Crippen molar-refractivity contribution in [1.82, 2.24) is 19.9 Å². The lowest BCUT2D eigenvalue weighted by Gasteiger charge is -2.14. The van der Waals surface area contributed by atoms with Crippen LogP contribution in [-0.2, 0) is 0 Å². The number of ether oxygens (including phenoxy) is 3. The van der Waals surface area contributed by atoms with E-state index in [1.165, 1.54) is 0 Å². The van der Waals surface area contributed by atoms with Gasteiger partial charge in [-0.15, -0.1) is 0 Å². The van der Waals surface area contributed by atoms with Gasteiger partial charge in [0, 0.05) is 41.6 Å². The average Bonchev–Trinajstić information content (AvgIpc) is 3.61. The van der Waals surface area contributed by atoms with E-state index in [0.717, 1.165) is 29.0 Å². The van der Waals surface area contributed by atoms with Crippen LogP contribution in [0.4, 0.5) is 0 Å². The third-order valence-corrected chi connectivity index (χ3v) is 5.35. The molecule has 4 rings (SSSR count). The Hall–Kier alpha value is -3.30. The molecule has 0 radical (unpaired) electrons. The van der Waals surface area contributed by atoms with Gasteiger partial charge in [0.1, 0.15) is 17.7 Å². The van der Waals surface area contributed by atoms with Crippen molar-refractivity contribution in [2.75, 3.05) is 26.9 Å². The molecule has 0 spiro atoms. The molecule has 1 fully saturated rings. The third-order valence-electron chi connectivity index (χ3n) is 5.35. The number of methoxy groups -OCH3 is 1. The number of hydrogen-bond acceptors (Lipinski definition) is 9. The number of nitrogens with zero attached hydrogens (tertiary/aromatic N) is 4. The van der Waals surface area contributed by atoms with Crippen molar-refractivity contribution >= 4 is 0 Å². The van der Waals surface area contributed by atoms with Crippen molar-refractivity contribution in [2.24, 2.45) is 5.92 Å². The predicted octanol–water partition coefficient (Wildman–Crippen LogP) is 2.17. The molecule has 9 heteroatoms. The van der Waals surface area contributed by atoms with E-state index in [1.807, 2.05) is 25.1 Å². The largest absolute Gasteiger partial charge is 0.495 e. The number of hydrogen-bond donors (Lipinski definition) is 2. The maximum atomic E-state index is 9.15. The lowest BCUT2D eigenvalue weighted by atomic mass is 10.1. The molecule has 3 aromatic heterocycles. The van der Waals surface area contributed by atoms with Gasteiger partial charge in [-0.2, -0.15) is 4.98 Å². The Kier molecular flexibility index (Phi) is 6.77. The highest BCUT2D eigenvalue weighted by atomic mass is 16.5. The number of rotatable bonds is 10. The van der Waals surface area contributed by atoms with Crippen LogP contribution in [0.1, 0.15) is 23.9 Å². The fraction of sp³-hybridized carbons (Fsp3) is 0.391. The molecule has 32 heavy (non-hydrogen) atoms. The van der Waals surface area contributed by atoms with E-state index in [-0.39, 0.29) is 13.2 Å². The predicted molar refractivity (Wildman–Crippen MR) is 116 cm³/mol. The average molecular weight is 438 g/mol. The van der Waals surface area contributed by atoms with Crippen LogP contribution in [0.2, 0.25) is 0 Å². The highest BCUT2D eigenvalue weighted by Crippen LogP contribution is 2.47. The van der Waals surface area contributed by atoms with Crippen molar-refractivity contribution in [3.05, 3.63) is 54.4 Å². The topological polar surface area (TPSA) is 120 Å².